The predicted octanol–water partition coefficient (Wildman–Crippen LogP) is 1.59. The maximum absolute atomic E-state index is 12.3. The number of nitrogens with zero attached hydrogens (tertiary/aromatic N) is 3. The zero-order chi connectivity index (χ0) is 21.1. The van der Waals surface area contributed by atoms with Crippen LogP contribution in [0.25, 0.3) is 0 Å². The Kier molecular flexibility index (Phi) is 7.11. The lowest BCUT2D eigenvalue weighted by Crippen LogP contribution is -2.50. The molecular weight excluding hydrogens is 368 g/mol. The van der Waals surface area contributed by atoms with E-state index >= 15 is 0 Å². The average molecular weight is 400 g/mol. The highest BCUT2D eigenvalue weighted by Crippen LogP contribution is 2.28. The summed E-state index contributed by atoms with van der Waals surface area (Å²) in [6.45, 7) is 10.6. The van der Waals surface area contributed by atoms with E-state index in [4.69, 9.17) is 9.57 Å². The van der Waals surface area contributed by atoms with Crippen LogP contribution in [0.5, 0.6) is 0 Å². The number of carbonyl (C=O) groups is 3. The quantitative estimate of drug-likeness (QED) is 0.381. The van der Waals surface area contributed by atoms with Gasteiger partial charge in [0.05, 0.1) is 12.6 Å². The fourth-order valence-corrected chi connectivity index (χ4v) is 3.29. The van der Waals surface area contributed by atoms with Crippen molar-refractivity contribution in [1.82, 2.24) is 20.3 Å². The van der Waals surface area contributed by atoms with E-state index in [9.17, 15) is 19.6 Å². The third-order valence-corrected chi connectivity index (χ3v) is 4.52. The number of carbonyl (C=O) groups excluding carboxylic acids is 3. The summed E-state index contributed by atoms with van der Waals surface area (Å²) in [5, 5.41) is 10.4. The summed E-state index contributed by atoms with van der Waals surface area (Å²) in [7, 11) is 0. The maximum Gasteiger partial charge on any atom is 0.410 e. The summed E-state index contributed by atoms with van der Waals surface area (Å²) >= 11 is 0. The minimum atomic E-state index is -0.668. The second-order valence-corrected chi connectivity index (χ2v) is 8.66. The molecule has 2 saturated heterocycles. The van der Waals surface area contributed by atoms with Crippen LogP contribution in [0.3, 0.4) is 0 Å². The number of hydroxylamine groups is 3. The first kappa shape index (κ1) is 22.2. The molecule has 0 aromatic carbocycles. The Morgan fingerprint density at radius 2 is 2.00 bits per heavy atom. The normalized spacial score (nSPS) is 21.9. The van der Waals surface area contributed by atoms with Crippen molar-refractivity contribution >= 4 is 18.0 Å². The number of piperidine rings is 1. The van der Waals surface area contributed by atoms with E-state index in [1.807, 2.05) is 13.8 Å². The minimum absolute atomic E-state index is 0.0904. The van der Waals surface area contributed by atoms with Crippen molar-refractivity contribution in [3.63, 3.8) is 0 Å². The van der Waals surface area contributed by atoms with Crippen molar-refractivity contribution in [1.29, 1.82) is 0 Å². The van der Waals surface area contributed by atoms with E-state index in [1.54, 1.807) is 25.7 Å². The number of amides is 4. The Morgan fingerprint density at radius 1 is 1.32 bits per heavy atom. The lowest BCUT2D eigenvalue weighted by molar-refractivity contribution is -0.139. The van der Waals surface area contributed by atoms with Gasteiger partial charge in [-0.25, -0.2) is 20.1 Å². The molecule has 2 bridgehead atoms. The highest BCUT2D eigenvalue weighted by Gasteiger charge is 2.46. The Hall–Kier alpha value is -2.07. The molecule has 1 unspecified atom stereocenters. The number of rotatable bonds is 7. The number of fused-ring (bicyclic) bond motifs is 2. The van der Waals surface area contributed by atoms with Crippen molar-refractivity contribution in [2.45, 2.75) is 65.1 Å². The van der Waals surface area contributed by atoms with Gasteiger partial charge in [0.1, 0.15) is 11.6 Å². The Labute approximate surface area is 165 Å². The van der Waals surface area contributed by atoms with Crippen LogP contribution in [0.15, 0.2) is 0 Å². The molecule has 2 rings (SSSR count). The summed E-state index contributed by atoms with van der Waals surface area (Å²) in [5.41, 5.74) is 1.76. The standard InChI is InChI=1S/C18H32N4O6/c1-12(2)10-20(17(25)28-18(3,4)5)8-9-27-19-15(23)14-7-6-13-11-21(14)16(24)22(13)26/h12-14,26H,6-11H2,1-5H3,(H,19,23)/t13?,14-/m0/s1. The van der Waals surface area contributed by atoms with Crippen LogP contribution in [0, 0.1) is 5.92 Å². The lowest BCUT2D eigenvalue weighted by Gasteiger charge is -2.29. The molecule has 2 heterocycles. The summed E-state index contributed by atoms with van der Waals surface area (Å²) in [6, 6.07) is -1.48. The Balaban J connectivity index is 1.80. The number of hydrogen-bond donors (Lipinski definition) is 2. The molecule has 2 fully saturated rings. The number of nitrogens with one attached hydrogen (secondary N) is 1. The molecule has 0 aliphatic carbocycles. The third-order valence-electron chi connectivity index (χ3n) is 4.52. The second-order valence-electron chi connectivity index (χ2n) is 8.66. The highest BCUT2D eigenvalue weighted by atomic mass is 16.7. The molecule has 2 aliphatic heterocycles. The SMILES string of the molecule is CC(C)CN(CCONC(=O)[C@@H]1CCC2CN1C(=O)N2O)C(=O)OC(C)(C)C. The molecule has 2 N–H and O–H groups in total. The maximum atomic E-state index is 12.3. The van der Waals surface area contributed by atoms with Crippen LogP contribution in [0.2, 0.25) is 0 Å². The molecule has 28 heavy (non-hydrogen) atoms. The summed E-state index contributed by atoms with van der Waals surface area (Å²) in [4.78, 5) is 44.7. The van der Waals surface area contributed by atoms with Crippen molar-refractivity contribution in [2.75, 3.05) is 26.2 Å². The molecule has 0 aromatic heterocycles. The molecule has 0 saturated carbocycles. The Bertz CT molecular complexity index is 591. The van der Waals surface area contributed by atoms with Gasteiger partial charge in [0.2, 0.25) is 0 Å². The van der Waals surface area contributed by atoms with Crippen molar-refractivity contribution in [3.05, 3.63) is 0 Å². The van der Waals surface area contributed by atoms with Gasteiger partial charge < -0.3 is 14.5 Å². The van der Waals surface area contributed by atoms with Crippen molar-refractivity contribution < 1.29 is 29.2 Å². The van der Waals surface area contributed by atoms with Crippen molar-refractivity contribution in [3.8, 4) is 0 Å². The molecule has 10 heteroatoms. The van der Waals surface area contributed by atoms with Crippen LogP contribution in [0.1, 0.15) is 47.5 Å². The number of hydrogen-bond acceptors (Lipinski definition) is 6. The van der Waals surface area contributed by atoms with E-state index in [2.05, 4.69) is 5.48 Å². The molecule has 2 aliphatic rings. The predicted molar refractivity (Wildman–Crippen MR) is 99.3 cm³/mol. The zero-order valence-corrected chi connectivity index (χ0v) is 17.3. The van der Waals surface area contributed by atoms with E-state index in [-0.39, 0.29) is 25.1 Å². The van der Waals surface area contributed by atoms with E-state index in [0.29, 0.717) is 31.0 Å². The van der Waals surface area contributed by atoms with Gasteiger partial charge in [-0.2, -0.15) is 0 Å². The van der Waals surface area contributed by atoms with Gasteiger partial charge in [-0.05, 0) is 39.5 Å². The third kappa shape index (κ3) is 5.71. The van der Waals surface area contributed by atoms with Gasteiger partial charge >= 0.3 is 12.1 Å². The second kappa shape index (κ2) is 8.95. The molecule has 0 spiro atoms. The van der Waals surface area contributed by atoms with Gasteiger partial charge in [-0.3, -0.25) is 14.8 Å². The van der Waals surface area contributed by atoms with Gasteiger partial charge in [-0.1, -0.05) is 13.8 Å². The average Bonchev–Trinajstić information content (AvgIpc) is 2.80. The first-order valence-electron chi connectivity index (χ1n) is 9.68. The smallest absolute Gasteiger partial charge is 0.410 e. The molecule has 0 aromatic rings. The van der Waals surface area contributed by atoms with Crippen molar-refractivity contribution in [2.24, 2.45) is 5.92 Å². The number of urea groups is 1. The largest absolute Gasteiger partial charge is 0.444 e. The molecule has 10 nitrogen and oxygen atoms in total. The summed E-state index contributed by atoms with van der Waals surface area (Å²) in [5.74, 6) is -0.185. The first-order valence-corrected chi connectivity index (χ1v) is 9.68. The van der Waals surface area contributed by atoms with Gasteiger partial charge in [0, 0.05) is 19.6 Å². The van der Waals surface area contributed by atoms with Crippen LogP contribution in [-0.2, 0) is 14.4 Å². The zero-order valence-electron chi connectivity index (χ0n) is 17.3. The van der Waals surface area contributed by atoms with Gasteiger partial charge in [-0.15, -0.1) is 0 Å². The highest BCUT2D eigenvalue weighted by molar-refractivity contribution is 5.87. The Morgan fingerprint density at radius 3 is 2.61 bits per heavy atom. The first-order chi connectivity index (χ1) is 13.0. The fraction of sp³-hybridized carbons (Fsp3) is 0.833. The van der Waals surface area contributed by atoms with Crippen LogP contribution < -0.4 is 5.48 Å². The fourth-order valence-electron chi connectivity index (χ4n) is 3.29. The molecule has 2 atom stereocenters. The van der Waals surface area contributed by atoms with Crippen LogP contribution >= 0.6 is 0 Å². The summed E-state index contributed by atoms with van der Waals surface area (Å²) in [6.07, 6.45) is 0.581. The van der Waals surface area contributed by atoms with Crippen LogP contribution in [-0.4, -0.2) is 82.0 Å². The monoisotopic (exact) mass is 400 g/mol. The minimum Gasteiger partial charge on any atom is -0.444 e. The topological polar surface area (TPSA) is 112 Å². The lowest BCUT2D eigenvalue weighted by atomic mass is 10.0. The number of ether oxygens (including phenoxy) is 1. The van der Waals surface area contributed by atoms with Gasteiger partial charge in [0.15, 0.2) is 0 Å². The van der Waals surface area contributed by atoms with E-state index in [0.717, 1.165) is 0 Å². The molecule has 4 amide bonds. The van der Waals surface area contributed by atoms with E-state index < -0.39 is 29.7 Å². The van der Waals surface area contributed by atoms with E-state index in [1.165, 1.54) is 4.90 Å². The molecule has 0 radical (unpaired) electrons. The molecular formula is C18H32N4O6. The molecule has 160 valence electrons. The van der Waals surface area contributed by atoms with Gasteiger partial charge in [0.25, 0.3) is 5.91 Å². The van der Waals surface area contributed by atoms with Crippen LogP contribution in [0.4, 0.5) is 9.59 Å². The summed E-state index contributed by atoms with van der Waals surface area (Å²) < 4.78 is 5.40.